The Balaban J connectivity index is 1.41. The average Bonchev–Trinajstić information content (AvgIpc) is 3.51. The largest absolute Gasteiger partial charge is 0.433 e. The molecule has 5 rings (SSSR count). The molecule has 3 aromatic heterocycles. The summed E-state index contributed by atoms with van der Waals surface area (Å²) in [5.41, 5.74) is 1.33. The van der Waals surface area contributed by atoms with Crippen LogP contribution in [0.4, 0.5) is 19.0 Å². The Morgan fingerprint density at radius 2 is 1.71 bits per heavy atom. The van der Waals surface area contributed by atoms with Crippen LogP contribution in [0.25, 0.3) is 16.9 Å². The summed E-state index contributed by atoms with van der Waals surface area (Å²) in [5.74, 6) is -0.191. The zero-order valence-electron chi connectivity index (χ0n) is 20.4. The molecule has 0 saturated heterocycles. The summed E-state index contributed by atoms with van der Waals surface area (Å²) < 4.78 is 44.1. The van der Waals surface area contributed by atoms with Gasteiger partial charge in [-0.2, -0.15) is 23.4 Å². The molecule has 0 bridgehead atoms. The molecule has 0 atom stereocenters. The van der Waals surface area contributed by atoms with Gasteiger partial charge >= 0.3 is 6.18 Å². The second kappa shape index (κ2) is 9.94. The molecule has 0 aliphatic carbocycles. The van der Waals surface area contributed by atoms with Gasteiger partial charge in [-0.15, -0.1) is 0 Å². The van der Waals surface area contributed by atoms with Crippen molar-refractivity contribution in [2.45, 2.75) is 32.5 Å². The normalized spacial score (nSPS) is 11.9. The van der Waals surface area contributed by atoms with Gasteiger partial charge < -0.3 is 5.32 Å². The standard InChI is InChI=1S/C27H22ClF3N6O/c1-16(2)18-5-7-19(8-6-18)21-13-23(27(29,30)31)37-25(32-21)14-22(34-37)26(38)33-24-11-12-36(35-24)15-17-3-9-20(28)10-4-17/h3-14,16H,15H2,1-2H3,(H,33,35,38). The Hall–Kier alpha value is -4.18. The molecule has 0 spiro atoms. The topological polar surface area (TPSA) is 77.1 Å². The summed E-state index contributed by atoms with van der Waals surface area (Å²) in [7, 11) is 0. The number of alkyl halides is 3. The number of aromatic nitrogens is 5. The lowest BCUT2D eigenvalue weighted by atomic mass is 10.0. The number of carbonyl (C=O) groups is 1. The predicted molar refractivity (Wildman–Crippen MR) is 138 cm³/mol. The number of hydrogen-bond acceptors (Lipinski definition) is 4. The van der Waals surface area contributed by atoms with Crippen LogP contribution in [-0.4, -0.2) is 30.3 Å². The Morgan fingerprint density at radius 1 is 1.00 bits per heavy atom. The fraction of sp³-hybridized carbons (Fsp3) is 0.185. The summed E-state index contributed by atoms with van der Waals surface area (Å²) in [5, 5.41) is 11.4. The van der Waals surface area contributed by atoms with E-state index in [1.165, 1.54) is 6.07 Å². The summed E-state index contributed by atoms with van der Waals surface area (Å²) in [6, 6.07) is 18.2. The second-order valence-corrected chi connectivity index (χ2v) is 9.52. The third-order valence-electron chi connectivity index (χ3n) is 5.96. The molecule has 194 valence electrons. The van der Waals surface area contributed by atoms with Crippen molar-refractivity contribution in [2.75, 3.05) is 5.32 Å². The number of nitrogens with one attached hydrogen (secondary N) is 1. The fourth-order valence-corrected chi connectivity index (χ4v) is 4.07. The maximum absolute atomic E-state index is 13.9. The molecule has 11 heteroatoms. The number of carbonyl (C=O) groups excluding carboxylic acids is 1. The quantitative estimate of drug-likeness (QED) is 0.261. The molecular weight excluding hydrogens is 517 g/mol. The first-order chi connectivity index (χ1) is 18.1. The molecular formula is C27H22ClF3N6O. The number of fused-ring (bicyclic) bond motifs is 1. The molecule has 0 unspecified atom stereocenters. The molecule has 0 saturated carbocycles. The van der Waals surface area contributed by atoms with Crippen molar-refractivity contribution in [3.05, 3.63) is 100 Å². The zero-order valence-corrected chi connectivity index (χ0v) is 21.1. The van der Waals surface area contributed by atoms with E-state index in [0.29, 0.717) is 21.6 Å². The summed E-state index contributed by atoms with van der Waals surface area (Å²) in [6.07, 6.45) is -3.04. The van der Waals surface area contributed by atoms with Crippen LogP contribution in [0.5, 0.6) is 0 Å². The van der Waals surface area contributed by atoms with Gasteiger partial charge in [-0.05, 0) is 35.2 Å². The van der Waals surface area contributed by atoms with Gasteiger partial charge in [0.1, 0.15) is 0 Å². The summed E-state index contributed by atoms with van der Waals surface area (Å²) in [4.78, 5) is 17.2. The van der Waals surface area contributed by atoms with Crippen molar-refractivity contribution in [1.82, 2.24) is 24.4 Å². The maximum Gasteiger partial charge on any atom is 0.433 e. The van der Waals surface area contributed by atoms with E-state index in [-0.39, 0.29) is 28.8 Å². The van der Waals surface area contributed by atoms with Gasteiger partial charge in [0.15, 0.2) is 22.9 Å². The van der Waals surface area contributed by atoms with Gasteiger partial charge in [-0.1, -0.05) is 61.8 Å². The molecule has 1 amide bonds. The van der Waals surface area contributed by atoms with E-state index in [0.717, 1.165) is 17.2 Å². The Morgan fingerprint density at radius 3 is 2.37 bits per heavy atom. The van der Waals surface area contributed by atoms with Crippen LogP contribution < -0.4 is 5.32 Å². The average molecular weight is 539 g/mol. The highest BCUT2D eigenvalue weighted by atomic mass is 35.5. The van der Waals surface area contributed by atoms with E-state index in [9.17, 15) is 18.0 Å². The van der Waals surface area contributed by atoms with Crippen molar-refractivity contribution in [2.24, 2.45) is 0 Å². The number of benzene rings is 2. The minimum absolute atomic E-state index is 0.0961. The van der Waals surface area contributed by atoms with Gasteiger partial charge in [0.2, 0.25) is 0 Å². The number of nitrogens with zero attached hydrogens (tertiary/aromatic N) is 5. The monoisotopic (exact) mass is 538 g/mol. The van der Waals surface area contributed by atoms with Crippen LogP contribution in [0, 0.1) is 0 Å². The smallest absolute Gasteiger partial charge is 0.304 e. The van der Waals surface area contributed by atoms with Crippen LogP contribution in [0.2, 0.25) is 5.02 Å². The second-order valence-electron chi connectivity index (χ2n) is 9.08. The van der Waals surface area contributed by atoms with Crippen molar-refractivity contribution < 1.29 is 18.0 Å². The number of hydrogen-bond donors (Lipinski definition) is 1. The number of anilines is 1. The van der Waals surface area contributed by atoms with Gasteiger partial charge in [0, 0.05) is 28.9 Å². The summed E-state index contributed by atoms with van der Waals surface area (Å²) in [6.45, 7) is 4.51. The number of halogens is 4. The molecule has 0 aliphatic rings. The lowest BCUT2D eigenvalue weighted by Crippen LogP contribution is -2.16. The molecule has 7 nitrogen and oxygen atoms in total. The summed E-state index contributed by atoms with van der Waals surface area (Å²) >= 11 is 5.91. The molecule has 1 N–H and O–H groups in total. The van der Waals surface area contributed by atoms with E-state index in [1.54, 1.807) is 41.2 Å². The lowest BCUT2D eigenvalue weighted by Gasteiger charge is -2.11. The lowest BCUT2D eigenvalue weighted by molar-refractivity contribution is -0.142. The van der Waals surface area contributed by atoms with Crippen LogP contribution in [0.3, 0.4) is 0 Å². The highest BCUT2D eigenvalue weighted by Crippen LogP contribution is 2.32. The predicted octanol–water partition coefficient (Wildman–Crippen LogP) is 6.69. The van der Waals surface area contributed by atoms with Gasteiger partial charge in [0.25, 0.3) is 5.91 Å². The van der Waals surface area contributed by atoms with Crippen LogP contribution in [0.15, 0.2) is 72.9 Å². The van der Waals surface area contributed by atoms with E-state index in [1.807, 2.05) is 38.1 Å². The molecule has 38 heavy (non-hydrogen) atoms. The van der Waals surface area contributed by atoms with Gasteiger partial charge in [0.05, 0.1) is 12.2 Å². The third-order valence-corrected chi connectivity index (χ3v) is 6.22. The Kier molecular flexibility index (Phi) is 6.66. The first-order valence-corrected chi connectivity index (χ1v) is 12.1. The van der Waals surface area contributed by atoms with Crippen molar-refractivity contribution in [3.63, 3.8) is 0 Å². The van der Waals surface area contributed by atoms with Crippen LogP contribution in [-0.2, 0) is 12.7 Å². The SMILES string of the molecule is CC(C)c1ccc(-c2cc(C(F)(F)F)n3nc(C(=O)Nc4ccn(Cc5ccc(Cl)cc5)n4)cc3n2)cc1. The van der Waals surface area contributed by atoms with Gasteiger partial charge in [-0.25, -0.2) is 9.50 Å². The van der Waals surface area contributed by atoms with E-state index < -0.39 is 17.8 Å². The Bertz CT molecular complexity index is 1610. The Labute approximate surface area is 220 Å². The van der Waals surface area contributed by atoms with Crippen molar-refractivity contribution >= 4 is 29.0 Å². The van der Waals surface area contributed by atoms with Gasteiger partial charge in [-0.3, -0.25) is 9.48 Å². The zero-order chi connectivity index (χ0) is 27.0. The van der Waals surface area contributed by atoms with Crippen LogP contribution in [0.1, 0.15) is 47.1 Å². The van der Waals surface area contributed by atoms with Crippen LogP contribution >= 0.6 is 11.6 Å². The highest BCUT2D eigenvalue weighted by Gasteiger charge is 2.35. The first-order valence-electron chi connectivity index (χ1n) is 11.7. The highest BCUT2D eigenvalue weighted by molar-refractivity contribution is 6.30. The molecule has 5 aromatic rings. The molecule has 0 radical (unpaired) electrons. The van der Waals surface area contributed by atoms with Crippen molar-refractivity contribution in [1.29, 1.82) is 0 Å². The molecule has 3 heterocycles. The molecule has 2 aromatic carbocycles. The number of rotatable bonds is 6. The first kappa shape index (κ1) is 25.5. The van der Waals surface area contributed by atoms with E-state index >= 15 is 0 Å². The minimum atomic E-state index is -4.71. The minimum Gasteiger partial charge on any atom is -0.304 e. The molecule has 0 fully saturated rings. The third kappa shape index (κ3) is 5.40. The maximum atomic E-state index is 13.9. The molecule has 0 aliphatic heterocycles. The van der Waals surface area contributed by atoms with Crippen molar-refractivity contribution in [3.8, 4) is 11.3 Å². The fourth-order valence-electron chi connectivity index (χ4n) is 3.95. The van der Waals surface area contributed by atoms with E-state index in [4.69, 9.17) is 11.6 Å². The number of amides is 1. The van der Waals surface area contributed by atoms with E-state index in [2.05, 4.69) is 20.5 Å².